The fraction of sp³-hybridized carbons (Fsp3) is 0.818. The first-order valence-corrected chi connectivity index (χ1v) is 7.34. The summed E-state index contributed by atoms with van der Waals surface area (Å²) in [6, 6.07) is 0. The van der Waals surface area contributed by atoms with Gasteiger partial charge in [-0.15, -0.1) is 0 Å². The molecule has 15 heavy (non-hydrogen) atoms. The van der Waals surface area contributed by atoms with E-state index in [1.807, 2.05) is 26.8 Å². The number of allylic oxidation sites excluding steroid dienone is 2. The van der Waals surface area contributed by atoms with Crippen molar-refractivity contribution in [2.45, 2.75) is 40.5 Å². The molecule has 0 aromatic carbocycles. The molecule has 0 unspecified atom stereocenters. The lowest BCUT2D eigenvalue weighted by Crippen LogP contribution is -1.98. The van der Waals surface area contributed by atoms with Crippen LogP contribution in [-0.4, -0.2) is 19.4 Å². The first-order valence-electron chi connectivity index (χ1n) is 5.61. The zero-order valence-corrected chi connectivity index (χ0v) is 11.2. The quantitative estimate of drug-likeness (QED) is 0.470. The molecule has 0 aliphatic rings. The highest BCUT2D eigenvalue weighted by Crippen LogP contribution is 2.48. The summed E-state index contributed by atoms with van der Waals surface area (Å²) in [5.41, 5.74) is 1.25. The summed E-state index contributed by atoms with van der Waals surface area (Å²) in [6.45, 7) is 8.69. The minimum absolute atomic E-state index is 0.389. The van der Waals surface area contributed by atoms with E-state index in [0.29, 0.717) is 19.4 Å². The highest BCUT2D eigenvalue weighted by atomic mass is 31.2. The lowest BCUT2D eigenvalue weighted by atomic mass is 10.2. The van der Waals surface area contributed by atoms with Crippen LogP contribution >= 0.6 is 7.60 Å². The molecule has 0 bridgehead atoms. The standard InChI is InChI=1S/C11H23O3P/c1-5-8-11(4)9-10-15(12,13-6-2)14-7-3/h9H,5-8,10H2,1-4H3/b11-9+. The normalized spacial score (nSPS) is 13.2. The van der Waals surface area contributed by atoms with E-state index >= 15 is 0 Å². The van der Waals surface area contributed by atoms with Gasteiger partial charge >= 0.3 is 7.60 Å². The molecule has 0 spiro atoms. The highest BCUT2D eigenvalue weighted by Gasteiger charge is 2.21. The van der Waals surface area contributed by atoms with E-state index in [2.05, 4.69) is 6.92 Å². The topological polar surface area (TPSA) is 35.5 Å². The van der Waals surface area contributed by atoms with Gasteiger partial charge in [0.2, 0.25) is 0 Å². The Balaban J connectivity index is 4.28. The summed E-state index contributed by atoms with van der Waals surface area (Å²) in [7, 11) is -2.87. The van der Waals surface area contributed by atoms with Crippen molar-refractivity contribution >= 4 is 7.60 Å². The van der Waals surface area contributed by atoms with Gasteiger partial charge in [-0.3, -0.25) is 4.57 Å². The van der Waals surface area contributed by atoms with E-state index < -0.39 is 7.60 Å². The Hall–Kier alpha value is -0.110. The lowest BCUT2D eigenvalue weighted by molar-refractivity contribution is 0.222. The van der Waals surface area contributed by atoms with Crippen LogP contribution in [0.2, 0.25) is 0 Å². The zero-order valence-electron chi connectivity index (χ0n) is 10.3. The fourth-order valence-electron chi connectivity index (χ4n) is 1.30. The lowest BCUT2D eigenvalue weighted by Gasteiger charge is -2.15. The van der Waals surface area contributed by atoms with Crippen LogP contribution in [0.25, 0.3) is 0 Å². The third-order valence-corrected chi connectivity index (χ3v) is 3.89. The van der Waals surface area contributed by atoms with Gasteiger partial charge < -0.3 is 9.05 Å². The molecule has 0 aliphatic carbocycles. The van der Waals surface area contributed by atoms with Gasteiger partial charge in [0, 0.05) is 0 Å². The predicted octanol–water partition coefficient (Wildman–Crippen LogP) is 4.00. The maximum Gasteiger partial charge on any atom is 0.334 e. The van der Waals surface area contributed by atoms with Gasteiger partial charge in [-0.2, -0.15) is 0 Å². The van der Waals surface area contributed by atoms with Crippen molar-refractivity contribution in [1.29, 1.82) is 0 Å². The average molecular weight is 234 g/mol. The van der Waals surface area contributed by atoms with Gasteiger partial charge in [-0.1, -0.05) is 25.0 Å². The second-order valence-electron chi connectivity index (χ2n) is 3.43. The largest absolute Gasteiger partial charge is 0.334 e. The summed E-state index contributed by atoms with van der Waals surface area (Å²) in [6.07, 6.45) is 4.50. The molecule has 0 atom stereocenters. The van der Waals surface area contributed by atoms with Gasteiger partial charge in [0.15, 0.2) is 0 Å². The third-order valence-electron chi connectivity index (χ3n) is 1.96. The van der Waals surface area contributed by atoms with Gasteiger partial charge in [0.05, 0.1) is 19.4 Å². The maximum atomic E-state index is 12.0. The van der Waals surface area contributed by atoms with Crippen molar-refractivity contribution in [3.05, 3.63) is 11.6 Å². The Morgan fingerprint density at radius 1 is 1.20 bits per heavy atom. The zero-order chi connectivity index (χ0) is 11.7. The summed E-state index contributed by atoms with van der Waals surface area (Å²) >= 11 is 0. The molecule has 0 saturated heterocycles. The van der Waals surface area contributed by atoms with E-state index in [1.165, 1.54) is 5.57 Å². The van der Waals surface area contributed by atoms with Crippen LogP contribution in [0.15, 0.2) is 11.6 Å². The molecule has 0 heterocycles. The van der Waals surface area contributed by atoms with Gasteiger partial charge in [0.1, 0.15) is 0 Å². The second kappa shape index (κ2) is 8.09. The van der Waals surface area contributed by atoms with E-state index in [1.54, 1.807) is 0 Å². The molecule has 3 nitrogen and oxygen atoms in total. The Morgan fingerprint density at radius 2 is 1.73 bits per heavy atom. The fourth-order valence-corrected chi connectivity index (χ4v) is 2.91. The Kier molecular flexibility index (Phi) is 8.03. The van der Waals surface area contributed by atoms with E-state index in [9.17, 15) is 4.57 Å². The Morgan fingerprint density at radius 3 is 2.13 bits per heavy atom. The predicted molar refractivity (Wildman–Crippen MR) is 64.4 cm³/mol. The molecular formula is C11H23O3P. The van der Waals surface area contributed by atoms with Crippen LogP contribution in [0.3, 0.4) is 0 Å². The molecule has 0 amide bonds. The number of hydrogen-bond acceptors (Lipinski definition) is 3. The first kappa shape index (κ1) is 14.9. The van der Waals surface area contributed by atoms with E-state index in [-0.39, 0.29) is 0 Å². The molecule has 0 aromatic heterocycles. The molecule has 0 aromatic rings. The van der Waals surface area contributed by atoms with E-state index in [4.69, 9.17) is 9.05 Å². The smallest absolute Gasteiger partial charge is 0.309 e. The van der Waals surface area contributed by atoms with Crippen LogP contribution in [0.1, 0.15) is 40.5 Å². The highest BCUT2D eigenvalue weighted by molar-refractivity contribution is 7.54. The maximum absolute atomic E-state index is 12.0. The van der Waals surface area contributed by atoms with Gasteiger partial charge in [0.25, 0.3) is 0 Å². The second-order valence-corrected chi connectivity index (χ2v) is 5.53. The number of hydrogen-bond donors (Lipinski definition) is 0. The van der Waals surface area contributed by atoms with Crippen molar-refractivity contribution in [3.8, 4) is 0 Å². The van der Waals surface area contributed by atoms with Crippen LogP contribution in [0.5, 0.6) is 0 Å². The molecule has 0 aliphatic heterocycles. The Labute approximate surface area is 93.4 Å². The molecular weight excluding hydrogens is 211 g/mol. The molecule has 0 fully saturated rings. The van der Waals surface area contributed by atoms with Crippen LogP contribution in [0, 0.1) is 0 Å². The van der Waals surface area contributed by atoms with Crippen molar-refractivity contribution in [3.63, 3.8) is 0 Å². The molecule has 4 heteroatoms. The SMILES string of the molecule is CCC/C(C)=C/CP(=O)(OCC)OCC. The van der Waals surface area contributed by atoms with Crippen molar-refractivity contribution in [2.75, 3.05) is 19.4 Å². The van der Waals surface area contributed by atoms with Gasteiger partial charge in [-0.05, 0) is 27.2 Å². The summed E-state index contributed by atoms with van der Waals surface area (Å²) in [5, 5.41) is 0. The van der Waals surface area contributed by atoms with Crippen LogP contribution in [-0.2, 0) is 13.6 Å². The third kappa shape index (κ3) is 6.88. The number of rotatable bonds is 8. The minimum Gasteiger partial charge on any atom is -0.309 e. The average Bonchev–Trinajstić information content (AvgIpc) is 2.16. The minimum atomic E-state index is -2.87. The molecule has 0 saturated carbocycles. The summed E-state index contributed by atoms with van der Waals surface area (Å²) in [5.74, 6) is 0. The van der Waals surface area contributed by atoms with E-state index in [0.717, 1.165) is 12.8 Å². The Bertz CT molecular complexity index is 226. The molecule has 90 valence electrons. The summed E-state index contributed by atoms with van der Waals surface area (Å²) in [4.78, 5) is 0. The van der Waals surface area contributed by atoms with Crippen LogP contribution in [0.4, 0.5) is 0 Å². The summed E-state index contributed by atoms with van der Waals surface area (Å²) < 4.78 is 22.4. The van der Waals surface area contributed by atoms with Gasteiger partial charge in [-0.25, -0.2) is 0 Å². The van der Waals surface area contributed by atoms with Crippen molar-refractivity contribution in [1.82, 2.24) is 0 Å². The van der Waals surface area contributed by atoms with Crippen LogP contribution < -0.4 is 0 Å². The van der Waals surface area contributed by atoms with Crippen molar-refractivity contribution in [2.24, 2.45) is 0 Å². The molecule has 0 rings (SSSR count). The van der Waals surface area contributed by atoms with Crippen molar-refractivity contribution < 1.29 is 13.6 Å². The monoisotopic (exact) mass is 234 g/mol. The molecule has 0 radical (unpaired) electrons. The molecule has 0 N–H and O–H groups in total. The first-order chi connectivity index (χ1) is 7.08.